The van der Waals surface area contributed by atoms with Crippen molar-refractivity contribution in [3.05, 3.63) is 75.7 Å². The van der Waals surface area contributed by atoms with E-state index in [1.807, 2.05) is 73.7 Å². The fourth-order valence-corrected chi connectivity index (χ4v) is 4.75. The number of hydrogen-bond donors (Lipinski definition) is 1. The fraction of sp³-hybridized carbons (Fsp3) is 0.130. The minimum atomic E-state index is -0.361. The number of aromatic nitrogens is 2. The van der Waals surface area contributed by atoms with Gasteiger partial charge < -0.3 is 10.1 Å². The molecule has 1 aromatic heterocycles. The van der Waals surface area contributed by atoms with Crippen molar-refractivity contribution in [2.75, 3.05) is 12.4 Å². The number of ether oxygens (including phenoxy) is 1. The lowest BCUT2D eigenvalue weighted by molar-refractivity contribution is -0.115. The number of methoxy groups -OCH3 is 1. The second-order valence-electron chi connectivity index (χ2n) is 6.79. The van der Waals surface area contributed by atoms with Crippen LogP contribution in [0, 0.1) is 0 Å². The standard InChI is InChI=1S/C23H19Br2N3O2S/c1-14(22(29)26-20-13-15(24)7-12-18(20)25)31-23-27-19-5-3-4-6-21(19)28(23)16-8-10-17(30-2)11-9-16/h3-14H,1-2H3,(H,26,29). The summed E-state index contributed by atoms with van der Waals surface area (Å²) in [6.45, 7) is 1.88. The van der Waals surface area contributed by atoms with Crippen molar-refractivity contribution in [3.63, 3.8) is 0 Å². The van der Waals surface area contributed by atoms with Crippen molar-refractivity contribution in [1.29, 1.82) is 0 Å². The molecule has 0 saturated carbocycles. The van der Waals surface area contributed by atoms with E-state index in [1.54, 1.807) is 7.11 Å². The number of fused-ring (bicyclic) bond motifs is 1. The normalized spacial score (nSPS) is 12.0. The Bertz CT molecular complexity index is 1240. The fourth-order valence-electron chi connectivity index (χ4n) is 3.10. The molecule has 4 rings (SSSR count). The smallest absolute Gasteiger partial charge is 0.237 e. The van der Waals surface area contributed by atoms with E-state index in [0.717, 1.165) is 42.3 Å². The number of nitrogens with one attached hydrogen (secondary N) is 1. The molecule has 1 amide bonds. The van der Waals surface area contributed by atoms with Gasteiger partial charge in [0.15, 0.2) is 5.16 Å². The van der Waals surface area contributed by atoms with E-state index in [-0.39, 0.29) is 11.2 Å². The van der Waals surface area contributed by atoms with Crippen LogP contribution in [0.5, 0.6) is 5.75 Å². The number of nitrogens with zero attached hydrogens (tertiary/aromatic N) is 2. The Morgan fingerprint density at radius 3 is 2.58 bits per heavy atom. The Kier molecular flexibility index (Phi) is 6.69. The zero-order valence-electron chi connectivity index (χ0n) is 16.8. The first-order valence-electron chi connectivity index (χ1n) is 9.51. The number of anilines is 1. The third-order valence-electron chi connectivity index (χ3n) is 4.70. The summed E-state index contributed by atoms with van der Waals surface area (Å²) in [6.07, 6.45) is 0. The third-order valence-corrected chi connectivity index (χ3v) is 6.94. The number of carbonyl (C=O) groups excluding carboxylic acids is 1. The monoisotopic (exact) mass is 559 g/mol. The predicted molar refractivity (Wildman–Crippen MR) is 133 cm³/mol. The number of amides is 1. The van der Waals surface area contributed by atoms with Crippen LogP contribution in [0.1, 0.15) is 6.92 Å². The lowest BCUT2D eigenvalue weighted by Crippen LogP contribution is -2.23. The molecule has 0 aliphatic heterocycles. The molecule has 31 heavy (non-hydrogen) atoms. The molecule has 1 unspecified atom stereocenters. The van der Waals surface area contributed by atoms with Crippen LogP contribution in [0.3, 0.4) is 0 Å². The van der Waals surface area contributed by atoms with Gasteiger partial charge in [0.2, 0.25) is 5.91 Å². The van der Waals surface area contributed by atoms with Gasteiger partial charge in [-0.05, 0) is 77.5 Å². The quantitative estimate of drug-likeness (QED) is 0.267. The molecular weight excluding hydrogens is 542 g/mol. The maximum atomic E-state index is 12.9. The Hall–Kier alpha value is -2.29. The number of thioether (sulfide) groups is 1. The van der Waals surface area contributed by atoms with Crippen LogP contribution in [0.2, 0.25) is 0 Å². The van der Waals surface area contributed by atoms with Crippen LogP contribution in [0.4, 0.5) is 5.69 Å². The van der Waals surface area contributed by atoms with Crippen LogP contribution in [0.25, 0.3) is 16.7 Å². The lowest BCUT2D eigenvalue weighted by atomic mass is 10.2. The van der Waals surface area contributed by atoms with Gasteiger partial charge in [-0.15, -0.1) is 0 Å². The number of para-hydroxylation sites is 2. The van der Waals surface area contributed by atoms with Crippen molar-refractivity contribution in [1.82, 2.24) is 9.55 Å². The summed E-state index contributed by atoms with van der Waals surface area (Å²) >= 11 is 8.35. The molecule has 1 N–H and O–H groups in total. The zero-order chi connectivity index (χ0) is 22.0. The van der Waals surface area contributed by atoms with Crippen LogP contribution in [0.15, 0.2) is 80.8 Å². The second-order valence-corrected chi connectivity index (χ2v) is 9.87. The molecule has 8 heteroatoms. The van der Waals surface area contributed by atoms with Gasteiger partial charge in [-0.1, -0.05) is 39.8 Å². The molecule has 0 saturated heterocycles. The number of hydrogen-bond acceptors (Lipinski definition) is 4. The van der Waals surface area contributed by atoms with Crippen molar-refractivity contribution < 1.29 is 9.53 Å². The zero-order valence-corrected chi connectivity index (χ0v) is 20.8. The highest BCUT2D eigenvalue weighted by molar-refractivity contribution is 9.11. The molecule has 1 atom stereocenters. The van der Waals surface area contributed by atoms with Gasteiger partial charge in [-0.3, -0.25) is 9.36 Å². The van der Waals surface area contributed by atoms with Crippen LogP contribution in [-0.2, 0) is 4.79 Å². The Balaban J connectivity index is 1.64. The van der Waals surface area contributed by atoms with Gasteiger partial charge in [0, 0.05) is 14.6 Å². The molecule has 3 aromatic carbocycles. The average molecular weight is 561 g/mol. The van der Waals surface area contributed by atoms with Crippen molar-refractivity contribution in [2.24, 2.45) is 0 Å². The summed E-state index contributed by atoms with van der Waals surface area (Å²) in [5.41, 5.74) is 3.54. The van der Waals surface area contributed by atoms with E-state index in [0.29, 0.717) is 0 Å². The van der Waals surface area contributed by atoms with Crippen LogP contribution in [-0.4, -0.2) is 27.8 Å². The molecule has 1 heterocycles. The number of imidazole rings is 1. The van der Waals surface area contributed by atoms with Gasteiger partial charge in [0.05, 0.1) is 29.1 Å². The highest BCUT2D eigenvalue weighted by atomic mass is 79.9. The Morgan fingerprint density at radius 2 is 1.84 bits per heavy atom. The van der Waals surface area contributed by atoms with E-state index in [9.17, 15) is 4.79 Å². The van der Waals surface area contributed by atoms with Crippen molar-refractivity contribution in [3.8, 4) is 11.4 Å². The van der Waals surface area contributed by atoms with Gasteiger partial charge in [0.25, 0.3) is 0 Å². The maximum Gasteiger partial charge on any atom is 0.237 e. The summed E-state index contributed by atoms with van der Waals surface area (Å²) in [6, 6.07) is 21.4. The van der Waals surface area contributed by atoms with Crippen LogP contribution >= 0.6 is 43.6 Å². The Labute approximate surface area is 201 Å². The lowest BCUT2D eigenvalue weighted by Gasteiger charge is -2.15. The molecule has 0 bridgehead atoms. The van der Waals surface area contributed by atoms with E-state index in [2.05, 4.69) is 41.7 Å². The summed E-state index contributed by atoms with van der Waals surface area (Å²) in [5, 5.41) is 3.38. The predicted octanol–water partition coefficient (Wildman–Crippen LogP) is 6.68. The molecule has 0 aliphatic carbocycles. The maximum absolute atomic E-state index is 12.9. The summed E-state index contributed by atoms with van der Waals surface area (Å²) < 4.78 is 9.07. The first kappa shape index (κ1) is 21.9. The Morgan fingerprint density at radius 1 is 1.10 bits per heavy atom. The van der Waals surface area contributed by atoms with E-state index in [4.69, 9.17) is 9.72 Å². The summed E-state index contributed by atoms with van der Waals surface area (Å²) in [7, 11) is 1.65. The average Bonchev–Trinajstić information content (AvgIpc) is 3.14. The topological polar surface area (TPSA) is 56.1 Å². The van der Waals surface area contributed by atoms with E-state index in [1.165, 1.54) is 11.8 Å². The molecule has 0 aliphatic rings. The first-order chi connectivity index (χ1) is 15.0. The molecule has 158 valence electrons. The molecule has 5 nitrogen and oxygen atoms in total. The highest BCUT2D eigenvalue weighted by Crippen LogP contribution is 2.32. The summed E-state index contributed by atoms with van der Waals surface area (Å²) in [5.74, 6) is 0.687. The third kappa shape index (κ3) is 4.81. The number of rotatable bonds is 6. The molecule has 0 radical (unpaired) electrons. The minimum Gasteiger partial charge on any atom is -0.497 e. The number of benzene rings is 3. The largest absolute Gasteiger partial charge is 0.497 e. The molecule has 0 fully saturated rings. The van der Waals surface area contributed by atoms with Gasteiger partial charge >= 0.3 is 0 Å². The molecule has 0 spiro atoms. The SMILES string of the molecule is COc1ccc(-n2c(SC(C)C(=O)Nc3cc(Br)ccc3Br)nc3ccccc32)cc1. The second kappa shape index (κ2) is 9.46. The van der Waals surface area contributed by atoms with Gasteiger partial charge in [0.1, 0.15) is 5.75 Å². The number of carbonyl (C=O) groups is 1. The van der Waals surface area contributed by atoms with Gasteiger partial charge in [-0.25, -0.2) is 4.98 Å². The van der Waals surface area contributed by atoms with E-state index >= 15 is 0 Å². The first-order valence-corrected chi connectivity index (χ1v) is 12.0. The van der Waals surface area contributed by atoms with Crippen LogP contribution < -0.4 is 10.1 Å². The summed E-state index contributed by atoms with van der Waals surface area (Å²) in [4.78, 5) is 17.7. The van der Waals surface area contributed by atoms with Crippen molar-refractivity contribution in [2.45, 2.75) is 17.3 Å². The van der Waals surface area contributed by atoms with Gasteiger partial charge in [-0.2, -0.15) is 0 Å². The minimum absolute atomic E-state index is 0.0999. The van der Waals surface area contributed by atoms with E-state index < -0.39 is 0 Å². The number of halogens is 2. The molecule has 4 aromatic rings. The highest BCUT2D eigenvalue weighted by Gasteiger charge is 2.21. The van der Waals surface area contributed by atoms with Crippen molar-refractivity contribution >= 4 is 66.2 Å². The molecular formula is C23H19Br2N3O2S.